The average molecular weight is 741 g/mol. The zero-order valence-corrected chi connectivity index (χ0v) is 31.4. The molecule has 0 aromatic heterocycles. The van der Waals surface area contributed by atoms with Crippen molar-refractivity contribution in [3.8, 4) is 17.2 Å². The van der Waals surface area contributed by atoms with Crippen molar-refractivity contribution >= 4 is 32.6 Å². The molecule has 11 nitrogen and oxygen atoms in total. The summed E-state index contributed by atoms with van der Waals surface area (Å²) >= 11 is 0. The highest BCUT2D eigenvalue weighted by molar-refractivity contribution is 7.89. The molecule has 12 heteroatoms. The topological polar surface area (TPSA) is 135 Å². The summed E-state index contributed by atoms with van der Waals surface area (Å²) in [5.41, 5.74) is 2.66. The summed E-state index contributed by atoms with van der Waals surface area (Å²) < 4.78 is 47.5. The molecule has 3 atom stereocenters. The van der Waals surface area contributed by atoms with Gasteiger partial charge < -0.3 is 24.8 Å². The van der Waals surface area contributed by atoms with E-state index in [1.807, 2.05) is 39.0 Å². The van der Waals surface area contributed by atoms with Crippen molar-refractivity contribution < 1.29 is 32.2 Å². The summed E-state index contributed by atoms with van der Waals surface area (Å²) in [6.45, 7) is 6.63. The van der Waals surface area contributed by atoms with Crippen molar-refractivity contribution in [3.05, 3.63) is 95.6 Å². The third-order valence-electron chi connectivity index (χ3n) is 10.8. The molecule has 2 bridgehead atoms. The fraction of sp³-hybridized carbons (Fsp3) is 0.415. The molecule has 0 radical (unpaired) electrons. The van der Waals surface area contributed by atoms with Crippen LogP contribution >= 0.6 is 0 Å². The van der Waals surface area contributed by atoms with Crippen LogP contribution in [0.2, 0.25) is 0 Å². The minimum Gasteiger partial charge on any atom is -0.497 e. The van der Waals surface area contributed by atoms with E-state index in [1.54, 1.807) is 49.6 Å². The van der Waals surface area contributed by atoms with Crippen LogP contribution in [0.4, 0.5) is 0 Å². The minimum absolute atomic E-state index is 0.0416. The number of hydrogen-bond donors (Lipinski definition) is 3. The Balaban J connectivity index is 1.13. The third kappa shape index (κ3) is 8.00. The Morgan fingerprint density at radius 3 is 2.25 bits per heavy atom. The Labute approximate surface area is 311 Å². The van der Waals surface area contributed by atoms with Gasteiger partial charge >= 0.3 is 0 Å². The molecular weight excluding hydrogens is 693 g/mol. The van der Waals surface area contributed by atoms with Gasteiger partial charge in [-0.1, -0.05) is 49.4 Å². The molecule has 7 rings (SSSR count). The van der Waals surface area contributed by atoms with Gasteiger partial charge in [0, 0.05) is 42.4 Å². The minimum atomic E-state index is -4.18. The highest BCUT2D eigenvalue weighted by Gasteiger charge is 2.39. The maximum Gasteiger partial charge on any atom is 0.243 e. The van der Waals surface area contributed by atoms with Gasteiger partial charge in [-0.2, -0.15) is 0 Å². The largest absolute Gasteiger partial charge is 0.497 e. The summed E-state index contributed by atoms with van der Waals surface area (Å²) in [5.74, 6) is 0.404. The van der Waals surface area contributed by atoms with Crippen LogP contribution in [0.3, 0.4) is 0 Å². The Bertz CT molecular complexity index is 2070. The van der Waals surface area contributed by atoms with Crippen molar-refractivity contribution in [1.82, 2.24) is 20.3 Å². The van der Waals surface area contributed by atoms with Crippen LogP contribution in [0.15, 0.2) is 83.8 Å². The lowest BCUT2D eigenvalue weighted by Crippen LogP contribution is -2.51. The van der Waals surface area contributed by atoms with E-state index >= 15 is 0 Å². The highest BCUT2D eigenvalue weighted by Crippen LogP contribution is 2.39. The summed E-state index contributed by atoms with van der Waals surface area (Å²) in [6, 6.07) is 22.9. The zero-order valence-electron chi connectivity index (χ0n) is 30.6. The number of methoxy groups -OCH3 is 1. The van der Waals surface area contributed by atoms with Crippen LogP contribution in [0.1, 0.15) is 81.5 Å². The van der Waals surface area contributed by atoms with E-state index < -0.39 is 28.0 Å². The van der Waals surface area contributed by atoms with Gasteiger partial charge in [0.2, 0.25) is 28.6 Å². The van der Waals surface area contributed by atoms with E-state index in [-0.39, 0.29) is 36.0 Å². The Morgan fingerprint density at radius 2 is 1.55 bits per heavy atom. The lowest BCUT2D eigenvalue weighted by molar-refractivity contribution is -0.130. The van der Waals surface area contributed by atoms with Gasteiger partial charge in [-0.3, -0.25) is 14.5 Å². The number of nitrogens with one attached hydrogen (secondary N) is 3. The molecule has 2 fully saturated rings. The quantitative estimate of drug-likeness (QED) is 0.145. The van der Waals surface area contributed by atoms with Crippen LogP contribution in [0.25, 0.3) is 10.8 Å². The molecule has 4 aromatic rings. The molecule has 53 heavy (non-hydrogen) atoms. The molecule has 280 valence electrons. The molecule has 4 aromatic carbocycles. The second-order valence-corrected chi connectivity index (χ2v) is 16.4. The first kappa shape index (κ1) is 36.7. The van der Waals surface area contributed by atoms with Crippen molar-refractivity contribution in [3.63, 3.8) is 0 Å². The number of benzene rings is 4. The van der Waals surface area contributed by atoms with Crippen LogP contribution in [-0.2, 0) is 26.2 Å². The van der Waals surface area contributed by atoms with Gasteiger partial charge in [0.25, 0.3) is 0 Å². The molecule has 3 unspecified atom stereocenters. The molecule has 0 aliphatic carbocycles. The van der Waals surface area contributed by atoms with Gasteiger partial charge in [0.05, 0.1) is 18.0 Å². The summed E-state index contributed by atoms with van der Waals surface area (Å²) in [7, 11) is -2.62. The molecule has 2 amide bonds. The van der Waals surface area contributed by atoms with Gasteiger partial charge in [-0.25, -0.2) is 13.1 Å². The Morgan fingerprint density at radius 1 is 0.849 bits per heavy atom. The fourth-order valence-corrected chi connectivity index (χ4v) is 9.47. The van der Waals surface area contributed by atoms with Crippen molar-refractivity contribution in [2.75, 3.05) is 13.9 Å². The van der Waals surface area contributed by atoms with Gasteiger partial charge in [-0.15, -0.1) is 0 Å². The molecule has 3 aliphatic heterocycles. The van der Waals surface area contributed by atoms with Crippen LogP contribution < -0.4 is 29.6 Å². The number of amides is 2. The van der Waals surface area contributed by atoms with Gasteiger partial charge in [0.15, 0.2) is 11.5 Å². The Kier molecular flexibility index (Phi) is 10.6. The number of sulfonamides is 1. The van der Waals surface area contributed by atoms with E-state index in [4.69, 9.17) is 14.2 Å². The predicted molar refractivity (Wildman–Crippen MR) is 202 cm³/mol. The number of ether oxygens (including phenoxy) is 3. The molecule has 3 N–H and O–H groups in total. The number of hydrogen-bond acceptors (Lipinski definition) is 8. The third-order valence-corrected chi connectivity index (χ3v) is 12.4. The first-order valence-corrected chi connectivity index (χ1v) is 19.9. The van der Waals surface area contributed by atoms with E-state index in [0.29, 0.717) is 45.7 Å². The molecule has 0 saturated carbocycles. The highest BCUT2D eigenvalue weighted by atomic mass is 32.2. The number of rotatable bonds is 14. The van der Waals surface area contributed by atoms with Gasteiger partial charge in [0.1, 0.15) is 11.8 Å². The summed E-state index contributed by atoms with van der Waals surface area (Å²) in [4.78, 5) is 30.4. The Hall–Kier alpha value is -4.65. The lowest BCUT2D eigenvalue weighted by atomic mass is 9.91. The monoisotopic (exact) mass is 740 g/mol. The number of carbonyl (C=O) groups excluding carboxylic acids is 2. The second kappa shape index (κ2) is 15.4. The smallest absolute Gasteiger partial charge is 0.243 e. The van der Waals surface area contributed by atoms with Crippen molar-refractivity contribution in [2.24, 2.45) is 0 Å². The van der Waals surface area contributed by atoms with E-state index in [2.05, 4.69) is 32.4 Å². The lowest BCUT2D eigenvalue weighted by Gasteiger charge is -2.27. The van der Waals surface area contributed by atoms with E-state index in [1.165, 1.54) is 37.3 Å². The van der Waals surface area contributed by atoms with Crippen molar-refractivity contribution in [2.45, 2.75) is 100 Å². The molecule has 0 spiro atoms. The average Bonchev–Trinajstić information content (AvgIpc) is 3.88. The zero-order chi connectivity index (χ0) is 37.3. The van der Waals surface area contributed by atoms with E-state index in [0.717, 1.165) is 12.1 Å². The maximum atomic E-state index is 14.1. The SMILES string of the molecule is COc1ccc2c(S(=O)(=O)NC(CC(=O)NC(C(=O)NC(C)C)C(C)c3ccc(CN4C5CCC4CC5)cc3)c3ccc4c(c3)OCO4)cccc2c1. The van der Waals surface area contributed by atoms with Crippen molar-refractivity contribution in [1.29, 1.82) is 0 Å². The normalized spacial score (nSPS) is 19.6. The standard InChI is InChI=1S/C41H48N4O7S/c1-25(2)42-41(47)40(26(3)28-10-8-27(9-11-28)23-45-31-13-14-32(45)16-15-31)43-39(46)22-35(30-12-19-36-37(21-30)52-24-51-36)44-53(48,49)38-7-5-6-29-20-33(50-4)17-18-34(29)38/h5-12,17-21,25-26,31-32,35,40,44H,13-16,22-24H2,1-4H3,(H,42,47)(H,43,46). The molecule has 3 heterocycles. The maximum absolute atomic E-state index is 14.1. The number of carbonyl (C=O) groups is 2. The summed E-state index contributed by atoms with van der Waals surface area (Å²) in [6.07, 6.45) is 4.83. The van der Waals surface area contributed by atoms with Gasteiger partial charge in [-0.05, 0) is 98.0 Å². The molecular formula is C41H48N4O7S. The summed E-state index contributed by atoms with van der Waals surface area (Å²) in [5, 5.41) is 7.13. The van der Waals surface area contributed by atoms with Crippen LogP contribution in [-0.4, -0.2) is 63.2 Å². The number of fused-ring (bicyclic) bond motifs is 4. The predicted octanol–water partition coefficient (Wildman–Crippen LogP) is 5.93. The first-order valence-electron chi connectivity index (χ1n) is 18.4. The van der Waals surface area contributed by atoms with Crippen LogP contribution in [0, 0.1) is 0 Å². The fourth-order valence-electron chi connectivity index (χ4n) is 8.02. The molecule has 3 aliphatic rings. The molecule has 2 saturated heterocycles. The number of nitrogens with zero attached hydrogens (tertiary/aromatic N) is 1. The van der Waals surface area contributed by atoms with E-state index in [9.17, 15) is 18.0 Å². The van der Waals surface area contributed by atoms with Crippen LogP contribution in [0.5, 0.6) is 17.2 Å². The first-order chi connectivity index (χ1) is 25.5. The second-order valence-electron chi connectivity index (χ2n) is 14.7.